The number of rotatable bonds is 4. The summed E-state index contributed by atoms with van der Waals surface area (Å²) in [5.74, 6) is 0. The zero-order valence-electron chi connectivity index (χ0n) is 16.2. The van der Waals surface area contributed by atoms with Gasteiger partial charge in [-0.05, 0) is 42.4 Å². The number of benzene rings is 1. The van der Waals surface area contributed by atoms with Gasteiger partial charge in [0.1, 0.15) is 0 Å². The lowest BCUT2D eigenvalue weighted by Crippen LogP contribution is -2.19. The zero-order chi connectivity index (χ0) is 17.6. The van der Waals surface area contributed by atoms with E-state index in [2.05, 4.69) is 66.7 Å². The molecule has 0 saturated carbocycles. The first-order chi connectivity index (χ1) is 10.4. The van der Waals surface area contributed by atoms with Crippen LogP contribution in [0.15, 0.2) is 18.2 Å². The minimum absolute atomic E-state index is 0.208. The molecule has 1 rings (SSSR count). The molecule has 126 valence electrons. The predicted molar refractivity (Wildman–Crippen MR) is 100 cm³/mol. The highest BCUT2D eigenvalue weighted by Gasteiger charge is 2.22. The fourth-order valence-corrected chi connectivity index (χ4v) is 1.78. The van der Waals surface area contributed by atoms with E-state index >= 15 is 0 Å². The fourth-order valence-electron chi connectivity index (χ4n) is 1.78. The molecule has 0 aromatic heterocycles. The second-order valence-electron chi connectivity index (χ2n) is 6.12. The zero-order valence-corrected chi connectivity index (χ0v) is 16.2. The third-order valence-electron chi connectivity index (χ3n) is 4.12. The second-order valence-corrected chi connectivity index (χ2v) is 6.12. The van der Waals surface area contributed by atoms with E-state index in [1.165, 1.54) is 24.8 Å². The molecule has 1 aromatic rings. The molecule has 1 nitrogen and oxygen atoms in total. The van der Waals surface area contributed by atoms with Crippen LogP contribution in [0.3, 0.4) is 0 Å². The molecule has 0 saturated heterocycles. The molecule has 0 N–H and O–H groups in total. The maximum atomic E-state index is 9.00. The Labute approximate surface area is 139 Å². The molecule has 0 spiro atoms. The number of unbranched alkanes of at least 4 members (excludes halogenated alkanes) is 1. The van der Waals surface area contributed by atoms with Crippen LogP contribution in [-0.4, -0.2) is 0 Å². The van der Waals surface area contributed by atoms with Crippen LogP contribution in [0.4, 0.5) is 0 Å². The maximum Gasteiger partial charge on any atom is 0.0994 e. The van der Waals surface area contributed by atoms with Gasteiger partial charge in [-0.3, -0.25) is 0 Å². The van der Waals surface area contributed by atoms with Gasteiger partial charge in [0.25, 0.3) is 0 Å². The van der Waals surface area contributed by atoms with Crippen molar-refractivity contribution in [3.05, 3.63) is 34.9 Å². The van der Waals surface area contributed by atoms with E-state index in [0.29, 0.717) is 0 Å². The smallest absolute Gasteiger partial charge is 0.0994 e. The van der Waals surface area contributed by atoms with E-state index in [4.69, 9.17) is 5.26 Å². The van der Waals surface area contributed by atoms with Gasteiger partial charge in [0.05, 0.1) is 11.6 Å². The Balaban J connectivity index is 0. The molecule has 1 aromatic carbocycles. The molecular weight excluding hydrogens is 266 g/mol. The van der Waals surface area contributed by atoms with E-state index in [1.54, 1.807) is 0 Å². The Morgan fingerprint density at radius 1 is 0.955 bits per heavy atom. The van der Waals surface area contributed by atoms with Crippen molar-refractivity contribution in [1.82, 2.24) is 0 Å². The van der Waals surface area contributed by atoms with Crippen LogP contribution in [0, 0.1) is 18.3 Å². The van der Waals surface area contributed by atoms with E-state index in [9.17, 15) is 0 Å². The maximum absolute atomic E-state index is 9.00. The molecule has 0 amide bonds. The summed E-state index contributed by atoms with van der Waals surface area (Å²) in [6.07, 6.45) is 6.11. The van der Waals surface area contributed by atoms with Crippen molar-refractivity contribution in [2.45, 2.75) is 92.9 Å². The predicted octanol–water partition coefficient (Wildman–Crippen LogP) is 7.17. The summed E-state index contributed by atoms with van der Waals surface area (Å²) in [5.41, 5.74) is 3.37. The van der Waals surface area contributed by atoms with Crippen LogP contribution in [0.1, 0.15) is 97.3 Å². The molecule has 1 heteroatoms. The largest absolute Gasteiger partial charge is 0.192 e. The molecule has 0 bridgehead atoms. The number of hydrogen-bond acceptors (Lipinski definition) is 1. The van der Waals surface area contributed by atoms with Crippen molar-refractivity contribution < 1.29 is 0 Å². The molecule has 0 aliphatic heterocycles. The first-order valence-corrected chi connectivity index (χ1v) is 8.91. The van der Waals surface area contributed by atoms with Crippen LogP contribution < -0.4 is 0 Å². The molecule has 0 atom stereocenters. The van der Waals surface area contributed by atoms with E-state index in [0.717, 1.165) is 24.0 Å². The van der Waals surface area contributed by atoms with Crippen molar-refractivity contribution in [3.8, 4) is 6.07 Å². The average molecular weight is 304 g/mol. The Kier molecular flexibility index (Phi) is 14.0. The van der Waals surface area contributed by atoms with Crippen molar-refractivity contribution in [2.24, 2.45) is 0 Å². The number of hydrogen-bond donors (Lipinski definition) is 0. The SMILES string of the molecule is CCC.CCC(C)(CC)c1ccc(C)c(C#N)c1.CCCC. The molecular formula is C21H37N. The van der Waals surface area contributed by atoms with Gasteiger partial charge in [0.2, 0.25) is 0 Å². The van der Waals surface area contributed by atoms with Crippen molar-refractivity contribution >= 4 is 0 Å². The highest BCUT2D eigenvalue weighted by molar-refractivity contribution is 5.42. The van der Waals surface area contributed by atoms with Crippen molar-refractivity contribution in [1.29, 1.82) is 5.26 Å². The van der Waals surface area contributed by atoms with Gasteiger partial charge in [-0.1, -0.05) is 79.9 Å². The lowest BCUT2D eigenvalue weighted by atomic mass is 9.77. The van der Waals surface area contributed by atoms with Crippen LogP contribution in [0.5, 0.6) is 0 Å². The van der Waals surface area contributed by atoms with Crippen LogP contribution in [0.25, 0.3) is 0 Å². The quantitative estimate of drug-likeness (QED) is 0.578. The van der Waals surface area contributed by atoms with Crippen molar-refractivity contribution in [3.63, 3.8) is 0 Å². The summed E-state index contributed by atoms with van der Waals surface area (Å²) < 4.78 is 0. The molecule has 0 fully saturated rings. The first kappa shape index (κ1) is 23.0. The van der Waals surface area contributed by atoms with E-state index in [1.807, 2.05) is 13.0 Å². The highest BCUT2D eigenvalue weighted by Crippen LogP contribution is 2.31. The monoisotopic (exact) mass is 303 g/mol. The molecule has 0 heterocycles. The molecule has 0 aliphatic carbocycles. The third-order valence-corrected chi connectivity index (χ3v) is 4.12. The van der Waals surface area contributed by atoms with Crippen molar-refractivity contribution in [2.75, 3.05) is 0 Å². The third kappa shape index (κ3) is 8.23. The van der Waals surface area contributed by atoms with Gasteiger partial charge in [-0.2, -0.15) is 5.26 Å². The summed E-state index contributed by atoms with van der Waals surface area (Å²) in [6.45, 7) is 17.3. The molecule has 0 aliphatic rings. The van der Waals surface area contributed by atoms with Gasteiger partial charge in [0.15, 0.2) is 0 Å². The number of aryl methyl sites for hydroxylation is 1. The fraction of sp³-hybridized carbons (Fsp3) is 0.667. The summed E-state index contributed by atoms with van der Waals surface area (Å²) in [4.78, 5) is 0. The van der Waals surface area contributed by atoms with Crippen LogP contribution in [-0.2, 0) is 5.41 Å². The van der Waals surface area contributed by atoms with Gasteiger partial charge in [0, 0.05) is 0 Å². The van der Waals surface area contributed by atoms with Gasteiger partial charge >= 0.3 is 0 Å². The molecule has 22 heavy (non-hydrogen) atoms. The van der Waals surface area contributed by atoms with Crippen LogP contribution in [0.2, 0.25) is 0 Å². The Morgan fingerprint density at radius 3 is 1.73 bits per heavy atom. The normalized spacial score (nSPS) is 9.77. The van der Waals surface area contributed by atoms with Gasteiger partial charge < -0.3 is 0 Å². The number of nitriles is 1. The minimum Gasteiger partial charge on any atom is -0.192 e. The average Bonchev–Trinajstić information content (AvgIpc) is 2.55. The summed E-state index contributed by atoms with van der Waals surface area (Å²) >= 11 is 0. The summed E-state index contributed by atoms with van der Waals surface area (Å²) in [5, 5.41) is 9.00. The molecule has 0 unspecified atom stereocenters. The van der Waals surface area contributed by atoms with Gasteiger partial charge in [-0.15, -0.1) is 0 Å². The second kappa shape index (κ2) is 13.4. The van der Waals surface area contributed by atoms with E-state index < -0.39 is 0 Å². The summed E-state index contributed by atoms with van der Waals surface area (Å²) in [7, 11) is 0. The Bertz CT molecular complexity index is 420. The lowest BCUT2D eigenvalue weighted by Gasteiger charge is -2.27. The van der Waals surface area contributed by atoms with E-state index in [-0.39, 0.29) is 5.41 Å². The lowest BCUT2D eigenvalue weighted by molar-refractivity contribution is 0.439. The Hall–Kier alpha value is -1.29. The van der Waals surface area contributed by atoms with Crippen LogP contribution >= 0.6 is 0 Å². The Morgan fingerprint density at radius 2 is 1.41 bits per heavy atom. The minimum atomic E-state index is 0.208. The highest BCUT2D eigenvalue weighted by atomic mass is 14.3. The summed E-state index contributed by atoms with van der Waals surface area (Å²) in [6, 6.07) is 8.51. The van der Waals surface area contributed by atoms with Gasteiger partial charge in [-0.25, -0.2) is 0 Å². The first-order valence-electron chi connectivity index (χ1n) is 8.91. The molecule has 0 radical (unpaired) electrons. The topological polar surface area (TPSA) is 23.8 Å². The standard InChI is InChI=1S/C14H19N.C4H10.C3H8/c1-5-14(4,6-2)13-8-7-11(3)12(9-13)10-15;1-3-4-2;1-3-2/h7-9H,5-6H2,1-4H3;3-4H2,1-2H3;3H2,1-2H3. The number of nitrogens with zero attached hydrogens (tertiary/aromatic N) is 1.